The van der Waals surface area contributed by atoms with Gasteiger partial charge in [0.1, 0.15) is 5.82 Å². The zero-order valence-electron chi connectivity index (χ0n) is 15.6. The van der Waals surface area contributed by atoms with E-state index in [1.807, 2.05) is 32.2 Å². The first-order valence-electron chi connectivity index (χ1n) is 8.97. The van der Waals surface area contributed by atoms with Gasteiger partial charge in [0.25, 0.3) is 0 Å². The van der Waals surface area contributed by atoms with Crippen molar-refractivity contribution in [1.82, 2.24) is 9.88 Å². The first-order chi connectivity index (χ1) is 12.5. The van der Waals surface area contributed by atoms with Gasteiger partial charge in [-0.05, 0) is 59.6 Å². The third-order valence-corrected chi connectivity index (χ3v) is 4.87. The number of aromatic nitrogens is 1. The van der Waals surface area contributed by atoms with Gasteiger partial charge < -0.3 is 14.4 Å². The highest BCUT2D eigenvalue weighted by molar-refractivity contribution is 9.10. The van der Waals surface area contributed by atoms with Gasteiger partial charge >= 0.3 is 0 Å². The average molecular weight is 420 g/mol. The van der Waals surface area contributed by atoms with Gasteiger partial charge in [0.15, 0.2) is 11.5 Å². The number of nitrogens with zero attached hydrogens (tertiary/aromatic N) is 3. The zero-order valence-corrected chi connectivity index (χ0v) is 17.2. The summed E-state index contributed by atoms with van der Waals surface area (Å²) in [6.07, 6.45) is 1.99. The third kappa shape index (κ3) is 4.89. The van der Waals surface area contributed by atoms with E-state index in [9.17, 15) is 0 Å². The predicted molar refractivity (Wildman–Crippen MR) is 108 cm³/mol. The van der Waals surface area contributed by atoms with Gasteiger partial charge in [0, 0.05) is 43.4 Å². The molecule has 1 aliphatic heterocycles. The molecule has 0 bridgehead atoms. The normalized spacial score (nSPS) is 15.3. The summed E-state index contributed by atoms with van der Waals surface area (Å²) in [6.45, 7) is 8.97. The summed E-state index contributed by atoms with van der Waals surface area (Å²) >= 11 is 3.44. The second-order valence-electron chi connectivity index (χ2n) is 6.75. The van der Waals surface area contributed by atoms with Crippen LogP contribution in [-0.2, 0) is 6.54 Å². The molecule has 2 aromatic rings. The number of halogens is 1. The van der Waals surface area contributed by atoms with E-state index in [0.29, 0.717) is 0 Å². The molecule has 5 nitrogen and oxygen atoms in total. The van der Waals surface area contributed by atoms with Crippen LogP contribution in [0.2, 0.25) is 0 Å². The maximum absolute atomic E-state index is 5.80. The van der Waals surface area contributed by atoms with Gasteiger partial charge in [0.05, 0.1) is 13.2 Å². The van der Waals surface area contributed by atoms with Gasteiger partial charge in [0.2, 0.25) is 0 Å². The summed E-state index contributed by atoms with van der Waals surface area (Å²) in [5, 5.41) is 0. The molecule has 0 aliphatic carbocycles. The van der Waals surface area contributed by atoms with Gasteiger partial charge in [-0.15, -0.1) is 0 Å². The van der Waals surface area contributed by atoms with Crippen molar-refractivity contribution in [2.45, 2.75) is 26.5 Å². The van der Waals surface area contributed by atoms with Crippen LogP contribution >= 0.6 is 15.9 Å². The van der Waals surface area contributed by atoms with Crippen LogP contribution in [0.5, 0.6) is 11.5 Å². The Balaban J connectivity index is 1.58. The van der Waals surface area contributed by atoms with Crippen LogP contribution in [0.1, 0.15) is 19.4 Å². The standard InChI is InChI=1S/C20H26BrN3O2/c1-15(2)26-18-6-4-16(12-19(18)25-3)14-23-8-10-24(11-9-23)20-7-5-17(21)13-22-20/h4-7,12-13,15H,8-11,14H2,1-3H3. The van der Waals surface area contributed by atoms with Crippen molar-refractivity contribution in [2.24, 2.45) is 0 Å². The number of ether oxygens (including phenoxy) is 2. The molecule has 0 amide bonds. The predicted octanol–water partition coefficient (Wildman–Crippen LogP) is 3.96. The molecule has 1 aromatic carbocycles. The Hall–Kier alpha value is -1.79. The summed E-state index contributed by atoms with van der Waals surface area (Å²) in [6, 6.07) is 10.3. The largest absolute Gasteiger partial charge is 0.493 e. The van der Waals surface area contributed by atoms with Crippen LogP contribution in [0.15, 0.2) is 41.0 Å². The Morgan fingerprint density at radius 3 is 2.46 bits per heavy atom. The van der Waals surface area contributed by atoms with Gasteiger partial charge in [-0.25, -0.2) is 4.98 Å². The Labute approximate surface area is 164 Å². The van der Waals surface area contributed by atoms with E-state index in [1.54, 1.807) is 7.11 Å². The lowest BCUT2D eigenvalue weighted by molar-refractivity contribution is 0.228. The Kier molecular flexibility index (Phi) is 6.38. The summed E-state index contributed by atoms with van der Waals surface area (Å²) in [5.74, 6) is 2.65. The molecule has 0 radical (unpaired) electrons. The molecule has 0 N–H and O–H groups in total. The molecule has 0 saturated carbocycles. The monoisotopic (exact) mass is 419 g/mol. The minimum Gasteiger partial charge on any atom is -0.493 e. The summed E-state index contributed by atoms with van der Waals surface area (Å²) in [7, 11) is 1.69. The van der Waals surface area contributed by atoms with Crippen molar-refractivity contribution in [1.29, 1.82) is 0 Å². The van der Waals surface area contributed by atoms with Crippen molar-refractivity contribution in [3.63, 3.8) is 0 Å². The van der Waals surface area contributed by atoms with Crippen molar-refractivity contribution in [3.8, 4) is 11.5 Å². The lowest BCUT2D eigenvalue weighted by atomic mass is 10.1. The molecule has 1 aromatic heterocycles. The number of benzene rings is 1. The molecule has 2 heterocycles. The van der Waals surface area contributed by atoms with Crippen LogP contribution < -0.4 is 14.4 Å². The molecule has 26 heavy (non-hydrogen) atoms. The highest BCUT2D eigenvalue weighted by Crippen LogP contribution is 2.29. The fourth-order valence-electron chi connectivity index (χ4n) is 3.11. The topological polar surface area (TPSA) is 37.8 Å². The van der Waals surface area contributed by atoms with Crippen LogP contribution in [0.3, 0.4) is 0 Å². The molecular weight excluding hydrogens is 394 g/mol. The van der Waals surface area contributed by atoms with Crippen molar-refractivity contribution in [3.05, 3.63) is 46.6 Å². The minimum absolute atomic E-state index is 0.134. The van der Waals surface area contributed by atoms with Crippen LogP contribution in [0.25, 0.3) is 0 Å². The van der Waals surface area contributed by atoms with Crippen LogP contribution in [-0.4, -0.2) is 49.3 Å². The average Bonchev–Trinajstić information content (AvgIpc) is 2.64. The van der Waals surface area contributed by atoms with E-state index >= 15 is 0 Å². The van der Waals surface area contributed by atoms with E-state index in [4.69, 9.17) is 9.47 Å². The van der Waals surface area contributed by atoms with Crippen molar-refractivity contribution < 1.29 is 9.47 Å². The molecule has 0 spiro atoms. The van der Waals surface area contributed by atoms with Crippen molar-refractivity contribution in [2.75, 3.05) is 38.2 Å². The van der Waals surface area contributed by atoms with Gasteiger partial charge in [-0.3, -0.25) is 4.90 Å². The lowest BCUT2D eigenvalue weighted by Crippen LogP contribution is -2.46. The second kappa shape index (κ2) is 8.73. The van der Waals surface area contributed by atoms with E-state index in [1.165, 1.54) is 5.56 Å². The van der Waals surface area contributed by atoms with Gasteiger partial charge in [-0.2, -0.15) is 0 Å². The molecule has 1 fully saturated rings. The lowest BCUT2D eigenvalue weighted by Gasteiger charge is -2.35. The quantitative estimate of drug-likeness (QED) is 0.707. The SMILES string of the molecule is COc1cc(CN2CCN(c3ccc(Br)cn3)CC2)ccc1OC(C)C. The molecule has 0 unspecified atom stereocenters. The number of hydrogen-bond acceptors (Lipinski definition) is 5. The summed E-state index contributed by atoms with van der Waals surface area (Å²) < 4.78 is 12.3. The molecular formula is C20H26BrN3O2. The molecule has 1 aliphatic rings. The number of piperazine rings is 1. The van der Waals surface area contributed by atoms with E-state index < -0.39 is 0 Å². The van der Waals surface area contributed by atoms with Crippen LogP contribution in [0, 0.1) is 0 Å². The maximum Gasteiger partial charge on any atom is 0.161 e. The number of pyridine rings is 1. The number of anilines is 1. The maximum atomic E-state index is 5.80. The molecule has 140 valence electrons. The smallest absolute Gasteiger partial charge is 0.161 e. The molecule has 1 saturated heterocycles. The highest BCUT2D eigenvalue weighted by atomic mass is 79.9. The Morgan fingerprint density at radius 2 is 1.85 bits per heavy atom. The second-order valence-corrected chi connectivity index (χ2v) is 7.67. The van der Waals surface area contributed by atoms with Gasteiger partial charge in [-0.1, -0.05) is 6.07 Å². The van der Waals surface area contributed by atoms with E-state index in [2.05, 4.69) is 48.9 Å². The molecule has 3 rings (SSSR count). The van der Waals surface area contributed by atoms with Crippen molar-refractivity contribution >= 4 is 21.7 Å². The fourth-order valence-corrected chi connectivity index (χ4v) is 3.34. The third-order valence-electron chi connectivity index (χ3n) is 4.40. The Morgan fingerprint density at radius 1 is 1.08 bits per heavy atom. The molecule has 0 atom stereocenters. The fraction of sp³-hybridized carbons (Fsp3) is 0.450. The van der Waals surface area contributed by atoms with Crippen LogP contribution in [0.4, 0.5) is 5.82 Å². The minimum atomic E-state index is 0.134. The Bertz CT molecular complexity index is 713. The highest BCUT2D eigenvalue weighted by Gasteiger charge is 2.18. The number of methoxy groups -OCH3 is 1. The van der Waals surface area contributed by atoms with E-state index in [0.717, 1.165) is 54.5 Å². The summed E-state index contributed by atoms with van der Waals surface area (Å²) in [5.41, 5.74) is 1.24. The number of rotatable bonds is 6. The number of hydrogen-bond donors (Lipinski definition) is 0. The van der Waals surface area contributed by atoms with E-state index in [-0.39, 0.29) is 6.10 Å². The zero-order chi connectivity index (χ0) is 18.5. The molecule has 6 heteroatoms. The first-order valence-corrected chi connectivity index (χ1v) is 9.77. The summed E-state index contributed by atoms with van der Waals surface area (Å²) in [4.78, 5) is 9.30. The first kappa shape index (κ1) is 19.0.